The molecule has 1 aromatic heterocycles. The SMILES string of the molecule is CN1c2ccc(S(=O)(=O)N(C)C)cc2Oc2cnnc(Cl)c21. The number of hydrogen-bond acceptors (Lipinski definition) is 6. The molecule has 7 nitrogen and oxygen atoms in total. The number of ether oxygens (including phenoxy) is 1. The van der Waals surface area contributed by atoms with Gasteiger partial charge in [-0.3, -0.25) is 0 Å². The van der Waals surface area contributed by atoms with Crippen LogP contribution in [0.1, 0.15) is 0 Å². The van der Waals surface area contributed by atoms with Crippen LogP contribution in [0.4, 0.5) is 11.4 Å². The predicted molar refractivity (Wildman–Crippen MR) is 82.5 cm³/mol. The van der Waals surface area contributed by atoms with E-state index in [-0.39, 0.29) is 10.0 Å². The lowest BCUT2D eigenvalue weighted by Crippen LogP contribution is -2.23. The van der Waals surface area contributed by atoms with Gasteiger partial charge in [0.15, 0.2) is 16.7 Å². The van der Waals surface area contributed by atoms with Gasteiger partial charge in [-0.2, -0.15) is 5.10 Å². The van der Waals surface area contributed by atoms with E-state index in [1.165, 1.54) is 32.4 Å². The minimum atomic E-state index is -3.53. The molecule has 2 aromatic rings. The Morgan fingerprint density at radius 3 is 2.68 bits per heavy atom. The van der Waals surface area contributed by atoms with Crippen molar-refractivity contribution in [3.05, 3.63) is 29.5 Å². The fraction of sp³-hybridized carbons (Fsp3) is 0.231. The monoisotopic (exact) mass is 340 g/mol. The van der Waals surface area contributed by atoms with Crippen LogP contribution < -0.4 is 9.64 Å². The second-order valence-corrected chi connectivity index (χ2v) is 7.44. The summed E-state index contributed by atoms with van der Waals surface area (Å²) in [6, 6.07) is 4.69. The second-order valence-electron chi connectivity index (χ2n) is 4.93. The molecule has 0 amide bonds. The van der Waals surface area contributed by atoms with Crippen molar-refractivity contribution in [1.29, 1.82) is 0 Å². The van der Waals surface area contributed by atoms with Gasteiger partial charge in [-0.1, -0.05) is 11.6 Å². The Balaban J connectivity index is 2.13. The molecular weight excluding hydrogens is 328 g/mol. The van der Waals surface area contributed by atoms with Crippen molar-refractivity contribution in [3.63, 3.8) is 0 Å². The van der Waals surface area contributed by atoms with Crippen molar-refractivity contribution in [2.24, 2.45) is 0 Å². The van der Waals surface area contributed by atoms with Gasteiger partial charge in [0.05, 0.1) is 16.8 Å². The van der Waals surface area contributed by atoms with E-state index in [0.717, 1.165) is 4.31 Å². The van der Waals surface area contributed by atoms with Crippen LogP contribution in [-0.2, 0) is 10.0 Å². The number of anilines is 2. The third-order valence-corrected chi connectivity index (χ3v) is 5.44. The average molecular weight is 341 g/mol. The van der Waals surface area contributed by atoms with Crippen molar-refractivity contribution in [2.45, 2.75) is 4.90 Å². The fourth-order valence-electron chi connectivity index (χ4n) is 2.18. The Kier molecular flexibility index (Phi) is 3.47. The maximum absolute atomic E-state index is 12.2. The molecular formula is C13H13ClN4O3S. The molecule has 116 valence electrons. The number of rotatable bonds is 2. The zero-order valence-electron chi connectivity index (χ0n) is 12.1. The van der Waals surface area contributed by atoms with Gasteiger partial charge in [0.1, 0.15) is 5.69 Å². The van der Waals surface area contributed by atoms with Crippen LogP contribution >= 0.6 is 11.6 Å². The number of hydrogen-bond donors (Lipinski definition) is 0. The number of fused-ring (bicyclic) bond motifs is 2. The number of sulfonamides is 1. The van der Waals surface area contributed by atoms with E-state index in [1.807, 2.05) is 0 Å². The summed E-state index contributed by atoms with van der Waals surface area (Å²) in [4.78, 5) is 1.94. The Hall–Kier alpha value is -1.90. The summed E-state index contributed by atoms with van der Waals surface area (Å²) in [5.41, 5.74) is 1.28. The number of nitrogens with zero attached hydrogens (tertiary/aromatic N) is 4. The normalized spacial score (nSPS) is 13.6. The zero-order chi connectivity index (χ0) is 16.1. The smallest absolute Gasteiger partial charge is 0.242 e. The van der Waals surface area contributed by atoms with Gasteiger partial charge in [-0.05, 0) is 12.1 Å². The lowest BCUT2D eigenvalue weighted by Gasteiger charge is -2.29. The fourth-order valence-corrected chi connectivity index (χ4v) is 3.37. The molecule has 22 heavy (non-hydrogen) atoms. The topological polar surface area (TPSA) is 75.6 Å². The molecule has 0 fully saturated rings. The van der Waals surface area contributed by atoms with Crippen LogP contribution in [0, 0.1) is 0 Å². The molecule has 0 saturated heterocycles. The highest BCUT2D eigenvalue weighted by Crippen LogP contribution is 2.48. The standard InChI is InChI=1S/C13H13ClN4O3S/c1-17(2)22(19,20)8-4-5-9-10(6-8)21-11-7-15-16-13(14)12(11)18(9)3/h4-7H,1-3H3. The summed E-state index contributed by atoms with van der Waals surface area (Å²) in [6.07, 6.45) is 1.44. The van der Waals surface area contributed by atoms with Crippen molar-refractivity contribution >= 4 is 33.0 Å². The molecule has 0 unspecified atom stereocenters. The van der Waals surface area contributed by atoms with Crippen LogP contribution in [0.25, 0.3) is 0 Å². The first-order valence-electron chi connectivity index (χ1n) is 6.31. The van der Waals surface area contributed by atoms with E-state index in [4.69, 9.17) is 16.3 Å². The Morgan fingerprint density at radius 2 is 2.00 bits per heavy atom. The third-order valence-electron chi connectivity index (χ3n) is 3.38. The zero-order valence-corrected chi connectivity index (χ0v) is 13.7. The van der Waals surface area contributed by atoms with Crippen LogP contribution in [-0.4, -0.2) is 44.1 Å². The van der Waals surface area contributed by atoms with Crippen LogP contribution in [0.2, 0.25) is 5.15 Å². The lowest BCUT2D eigenvalue weighted by molar-refractivity contribution is 0.468. The highest BCUT2D eigenvalue weighted by Gasteiger charge is 2.27. The lowest BCUT2D eigenvalue weighted by atomic mass is 10.2. The Morgan fingerprint density at radius 1 is 1.27 bits per heavy atom. The highest BCUT2D eigenvalue weighted by molar-refractivity contribution is 7.89. The van der Waals surface area contributed by atoms with E-state index < -0.39 is 10.0 Å². The molecule has 0 spiro atoms. The van der Waals surface area contributed by atoms with E-state index >= 15 is 0 Å². The van der Waals surface area contributed by atoms with E-state index in [0.29, 0.717) is 22.9 Å². The van der Waals surface area contributed by atoms with E-state index in [2.05, 4.69) is 10.2 Å². The summed E-state index contributed by atoms with van der Waals surface area (Å²) in [6.45, 7) is 0. The van der Waals surface area contributed by atoms with E-state index in [9.17, 15) is 8.42 Å². The summed E-state index contributed by atoms with van der Waals surface area (Å²) in [5, 5.41) is 7.75. The molecule has 3 rings (SSSR count). The average Bonchev–Trinajstić information content (AvgIpc) is 2.46. The first-order valence-corrected chi connectivity index (χ1v) is 8.13. The van der Waals surface area contributed by atoms with E-state index in [1.54, 1.807) is 18.0 Å². The van der Waals surface area contributed by atoms with Crippen molar-refractivity contribution in [2.75, 3.05) is 26.0 Å². The van der Waals surface area contributed by atoms with Crippen LogP contribution in [0.5, 0.6) is 11.5 Å². The third kappa shape index (κ3) is 2.20. The summed E-state index contributed by atoms with van der Waals surface area (Å²) in [7, 11) is 1.22. The number of benzene rings is 1. The van der Waals surface area contributed by atoms with Gasteiger partial charge >= 0.3 is 0 Å². The minimum Gasteiger partial charge on any atom is -0.451 e. The molecule has 0 N–H and O–H groups in total. The number of aromatic nitrogens is 2. The van der Waals surface area contributed by atoms with Gasteiger partial charge in [-0.15, -0.1) is 5.10 Å². The van der Waals surface area contributed by atoms with Gasteiger partial charge in [0.25, 0.3) is 0 Å². The highest BCUT2D eigenvalue weighted by atomic mass is 35.5. The maximum Gasteiger partial charge on any atom is 0.242 e. The predicted octanol–water partition coefficient (Wildman–Crippen LogP) is 2.25. The molecule has 0 atom stereocenters. The van der Waals surface area contributed by atoms with Crippen LogP contribution in [0.3, 0.4) is 0 Å². The van der Waals surface area contributed by atoms with Crippen molar-refractivity contribution < 1.29 is 13.2 Å². The molecule has 9 heteroatoms. The van der Waals surface area contributed by atoms with Gasteiger partial charge in [-0.25, -0.2) is 12.7 Å². The molecule has 0 radical (unpaired) electrons. The first kappa shape index (κ1) is 15.0. The molecule has 1 aliphatic rings. The number of halogens is 1. The molecule has 0 aliphatic carbocycles. The molecule has 2 heterocycles. The first-order chi connectivity index (χ1) is 10.3. The minimum absolute atomic E-state index is 0.154. The second kappa shape index (κ2) is 5.08. The summed E-state index contributed by atoms with van der Waals surface area (Å²) >= 11 is 6.05. The Bertz CT molecular complexity index is 854. The molecule has 1 aromatic carbocycles. The quantitative estimate of drug-likeness (QED) is 0.834. The molecule has 1 aliphatic heterocycles. The maximum atomic E-state index is 12.2. The Labute approximate surface area is 133 Å². The molecule has 0 bridgehead atoms. The molecule has 0 saturated carbocycles. The van der Waals surface area contributed by atoms with Gasteiger partial charge < -0.3 is 9.64 Å². The van der Waals surface area contributed by atoms with Crippen molar-refractivity contribution in [1.82, 2.24) is 14.5 Å². The van der Waals surface area contributed by atoms with Gasteiger partial charge in [0, 0.05) is 27.2 Å². The van der Waals surface area contributed by atoms with Crippen LogP contribution in [0.15, 0.2) is 29.3 Å². The van der Waals surface area contributed by atoms with Gasteiger partial charge in [0.2, 0.25) is 10.0 Å². The largest absolute Gasteiger partial charge is 0.451 e. The van der Waals surface area contributed by atoms with Crippen molar-refractivity contribution in [3.8, 4) is 11.5 Å². The summed E-state index contributed by atoms with van der Waals surface area (Å²) in [5.74, 6) is 0.844. The summed E-state index contributed by atoms with van der Waals surface area (Å²) < 4.78 is 31.3.